The van der Waals surface area contributed by atoms with E-state index in [-0.39, 0.29) is 17.4 Å². The molecule has 0 saturated heterocycles. The fourth-order valence-corrected chi connectivity index (χ4v) is 0. The van der Waals surface area contributed by atoms with Gasteiger partial charge in [-0.25, -0.2) is 0 Å². The molecule has 0 unspecified atom stereocenters. The maximum Gasteiger partial charge on any atom is 3.00 e. The van der Waals surface area contributed by atoms with E-state index in [2.05, 4.69) is 0 Å². The molecule has 11 heavy (non-hydrogen) atoms. The van der Waals surface area contributed by atoms with Gasteiger partial charge in [-0.05, 0) is 0 Å². The van der Waals surface area contributed by atoms with Crippen molar-refractivity contribution in [2.75, 3.05) is 0 Å². The van der Waals surface area contributed by atoms with E-state index in [0.29, 0.717) is 0 Å². The Morgan fingerprint density at radius 2 is 1.09 bits per heavy atom. The summed E-state index contributed by atoms with van der Waals surface area (Å²) in [4.78, 5) is 30.4. The number of hydrogen-bond acceptors (Lipinski definition) is 8. The minimum absolute atomic E-state index is 0. The Balaban J connectivity index is -0.000000107. The molecule has 0 atom stereocenters. The van der Waals surface area contributed by atoms with Crippen LogP contribution in [-0.4, -0.2) is 49.6 Å². The topological polar surface area (TPSA) is 164 Å². The summed E-state index contributed by atoms with van der Waals surface area (Å²) in [5, 5.41) is 0. The van der Waals surface area contributed by atoms with E-state index >= 15 is 0 Å². The molecule has 3 N–H and O–H groups in total. The Morgan fingerprint density at radius 3 is 1.09 bits per heavy atom. The van der Waals surface area contributed by atoms with Crippen LogP contribution in [-0.2, 0) is 10.4 Å². The third-order valence-corrected chi connectivity index (χ3v) is 0. The van der Waals surface area contributed by atoms with Crippen LogP contribution < -0.4 is 4.89 Å². The van der Waals surface area contributed by atoms with E-state index in [9.17, 15) is 0 Å². The zero-order chi connectivity index (χ0) is 9.00. The van der Waals surface area contributed by atoms with E-state index in [1.54, 1.807) is 0 Å². The molecule has 0 bridgehead atoms. The quantitative estimate of drug-likeness (QED) is 0.162. The maximum absolute atomic E-state index is 8.88. The molecule has 64 valence electrons. The van der Waals surface area contributed by atoms with Gasteiger partial charge in [-0.3, -0.25) is 8.42 Å². The van der Waals surface area contributed by atoms with Crippen LogP contribution in [0.5, 0.6) is 0 Å². The summed E-state index contributed by atoms with van der Waals surface area (Å²) in [7, 11) is -9.81. The second-order valence-corrected chi connectivity index (χ2v) is 2.76. The average Bonchev–Trinajstić information content (AvgIpc) is 1.12. The fraction of sp³-hybridized carbons (Fsp3) is 0. The molecule has 0 radical (unpaired) electrons. The molecule has 8 nitrogen and oxygen atoms in total. The molecule has 0 aliphatic heterocycles. The predicted octanol–water partition coefficient (Wildman–Crippen LogP) is -3.72. The molecule has 0 aliphatic carbocycles. The summed E-state index contributed by atoms with van der Waals surface area (Å²) in [5.41, 5.74) is 0. The zero-order valence-corrected chi connectivity index (χ0v) is 7.68. The van der Waals surface area contributed by atoms with Gasteiger partial charge in [0.2, 0.25) is 0 Å². The third kappa shape index (κ3) is 1780. The summed E-state index contributed by atoms with van der Waals surface area (Å²) in [6.45, 7) is 0. The van der Waals surface area contributed by atoms with Crippen LogP contribution in [0.4, 0.5) is 0 Å². The number of phosphoric acid groups is 1. The van der Waals surface area contributed by atoms with Crippen molar-refractivity contribution in [3.63, 3.8) is 0 Å². The number of rotatable bonds is 0. The van der Waals surface area contributed by atoms with Crippen LogP contribution in [0, 0.1) is 0 Å². The smallest absolute Gasteiger partial charge is 0.759 e. The Hall–Kier alpha value is 0.672. The van der Waals surface area contributed by atoms with Gasteiger partial charge in [0, 0.05) is 10.4 Å². The van der Waals surface area contributed by atoms with Crippen LogP contribution >= 0.6 is 8.17 Å². The predicted molar refractivity (Wildman–Crippen MR) is 29.8 cm³/mol. The van der Waals surface area contributed by atoms with Gasteiger partial charge in [0.25, 0.3) is 0 Å². The molecule has 0 fully saturated rings. The van der Waals surface area contributed by atoms with Gasteiger partial charge in [0.05, 0.1) is 0 Å². The van der Waals surface area contributed by atoms with Crippen molar-refractivity contribution < 1.29 is 37.1 Å². The van der Waals surface area contributed by atoms with Crippen LogP contribution in [0.15, 0.2) is 0 Å². The summed E-state index contributed by atoms with van der Waals surface area (Å²) in [6.07, 6.45) is 0. The second kappa shape index (κ2) is 6.22. The van der Waals surface area contributed by atoms with Crippen LogP contribution in [0.2, 0.25) is 0 Å². The monoisotopic (exact) mass is 221 g/mol. The van der Waals surface area contributed by atoms with Gasteiger partial charge < -0.3 is 14.0 Å². The van der Waals surface area contributed by atoms with Crippen LogP contribution in [0.1, 0.15) is 0 Å². The average molecular weight is 221 g/mol. The van der Waals surface area contributed by atoms with E-state index in [1.165, 1.54) is 0 Å². The Labute approximate surface area is 73.5 Å². The SMILES string of the molecule is O=S(=O)([O-])[O-].[Al+3].[O-][P+](O)(O)O. The van der Waals surface area contributed by atoms with Crippen LogP contribution in [0.3, 0.4) is 0 Å². The van der Waals surface area contributed by atoms with Crippen molar-refractivity contribution in [2.45, 2.75) is 0 Å². The van der Waals surface area contributed by atoms with Crippen molar-refractivity contribution in [1.82, 2.24) is 0 Å². The Morgan fingerprint density at radius 1 is 1.09 bits per heavy atom. The van der Waals surface area contributed by atoms with Gasteiger partial charge in [-0.15, -0.1) is 0 Å². The summed E-state index contributed by atoms with van der Waals surface area (Å²) >= 11 is 0. The van der Waals surface area contributed by atoms with Crippen molar-refractivity contribution >= 4 is 35.9 Å². The first kappa shape index (κ1) is 17.7. The molecular formula is H3AlO8PS+. The minimum Gasteiger partial charge on any atom is -0.759 e. The fourth-order valence-electron chi connectivity index (χ4n) is 0. The standard InChI is InChI=1S/Al.H3O4P.H2O4S/c;2*1-5(2,3)4/h;(H3,1,2,3,4);(H2,1,2,3,4)/q+3;;/p-2. The van der Waals surface area contributed by atoms with E-state index in [4.69, 9.17) is 37.1 Å². The summed E-state index contributed by atoms with van der Waals surface area (Å²) < 4.78 is 34.1. The molecule has 0 aromatic heterocycles. The zero-order valence-electron chi connectivity index (χ0n) is 4.82. The second-order valence-electron chi connectivity index (χ2n) is 0.922. The molecule has 0 heterocycles. The third-order valence-electron chi connectivity index (χ3n) is 0. The molecular weight excluding hydrogens is 218 g/mol. The molecule has 0 aliphatic rings. The summed E-state index contributed by atoms with van der Waals surface area (Å²) in [5.74, 6) is 0. The van der Waals surface area contributed by atoms with Crippen molar-refractivity contribution in [3.05, 3.63) is 0 Å². The van der Waals surface area contributed by atoms with Crippen molar-refractivity contribution in [3.8, 4) is 0 Å². The first-order valence-electron chi connectivity index (χ1n) is 1.45. The van der Waals surface area contributed by atoms with Gasteiger partial charge in [-0.2, -0.15) is 14.7 Å². The molecule has 0 amide bonds. The van der Waals surface area contributed by atoms with E-state index < -0.39 is 18.6 Å². The first-order chi connectivity index (χ1) is 4.00. The van der Waals surface area contributed by atoms with Gasteiger partial charge in [0.1, 0.15) is 0 Å². The molecule has 0 rings (SSSR count). The van der Waals surface area contributed by atoms with Crippen LogP contribution in [0.25, 0.3) is 0 Å². The largest absolute Gasteiger partial charge is 3.00 e. The minimum atomic E-state index is -5.17. The molecule has 0 saturated carbocycles. The van der Waals surface area contributed by atoms with Gasteiger partial charge in [0.15, 0.2) is 0 Å². The molecule has 0 spiro atoms. The number of hydrogen-bond donors (Lipinski definition) is 3. The van der Waals surface area contributed by atoms with E-state index in [0.717, 1.165) is 0 Å². The maximum atomic E-state index is 8.88. The van der Waals surface area contributed by atoms with Crippen molar-refractivity contribution in [2.24, 2.45) is 0 Å². The van der Waals surface area contributed by atoms with Gasteiger partial charge >= 0.3 is 25.5 Å². The molecule has 0 aromatic rings. The van der Waals surface area contributed by atoms with E-state index in [1.807, 2.05) is 0 Å². The first-order valence-corrected chi connectivity index (χ1v) is 4.35. The molecule has 11 heteroatoms. The summed E-state index contributed by atoms with van der Waals surface area (Å²) in [6, 6.07) is 0. The molecule has 0 aromatic carbocycles. The Kier molecular flexibility index (Phi) is 9.99. The van der Waals surface area contributed by atoms with Crippen molar-refractivity contribution in [1.29, 1.82) is 0 Å². The Bertz CT molecular complexity index is 149. The van der Waals surface area contributed by atoms with Gasteiger partial charge in [-0.1, -0.05) is 0 Å². The normalized spacial score (nSPS) is 10.7.